The summed E-state index contributed by atoms with van der Waals surface area (Å²) in [5.74, 6) is 0. The van der Waals surface area contributed by atoms with Gasteiger partial charge >= 0.3 is 0 Å². The summed E-state index contributed by atoms with van der Waals surface area (Å²) in [7, 11) is 0. The van der Waals surface area contributed by atoms with Gasteiger partial charge in [-0.15, -0.1) is 34.8 Å². The van der Waals surface area contributed by atoms with E-state index in [4.69, 9.17) is 39.9 Å². The molecule has 2 fully saturated rings. The Kier molecular flexibility index (Phi) is 1.000. The van der Waals surface area contributed by atoms with Crippen LogP contribution in [0, 0.1) is 5.41 Å². The van der Waals surface area contributed by atoms with Gasteiger partial charge in [0, 0.05) is 0 Å². The van der Waals surface area contributed by atoms with Crippen molar-refractivity contribution >= 4 is 34.8 Å². The Bertz CT molecular complexity index is 160. The summed E-state index contributed by atoms with van der Waals surface area (Å²) >= 11 is 17.3. The van der Waals surface area contributed by atoms with Gasteiger partial charge < -0.3 is 5.11 Å². The van der Waals surface area contributed by atoms with E-state index in [0.29, 0.717) is 0 Å². The lowest BCUT2D eigenvalue weighted by atomic mass is 10.2. The predicted octanol–water partition coefficient (Wildman–Crippen LogP) is 1.18. The minimum Gasteiger partial charge on any atom is -0.396 e. The molecule has 9 heavy (non-hydrogen) atoms. The molecule has 52 valence electrons. The molecule has 0 aromatic rings. The molecular formula is C5H5Cl3O. The van der Waals surface area contributed by atoms with Crippen molar-refractivity contribution in [1.82, 2.24) is 0 Å². The maximum absolute atomic E-state index is 8.76. The van der Waals surface area contributed by atoms with Crippen LogP contribution in [0.15, 0.2) is 0 Å². The number of aliphatic hydroxyl groups is 1. The molecule has 0 saturated heterocycles. The van der Waals surface area contributed by atoms with Crippen LogP contribution in [-0.4, -0.2) is 27.3 Å². The van der Waals surface area contributed by atoms with Crippen molar-refractivity contribution in [3.8, 4) is 0 Å². The van der Waals surface area contributed by atoms with Gasteiger partial charge in [0.05, 0.1) is 27.7 Å². The van der Waals surface area contributed by atoms with Crippen LogP contribution < -0.4 is 0 Å². The predicted molar refractivity (Wildman–Crippen MR) is 37.4 cm³/mol. The first-order chi connectivity index (χ1) is 4.12. The van der Waals surface area contributed by atoms with Gasteiger partial charge in [-0.05, 0) is 0 Å². The molecule has 0 aliphatic heterocycles. The second-order valence-electron chi connectivity index (χ2n) is 2.69. The summed E-state index contributed by atoms with van der Waals surface area (Å²) in [4.78, 5) is -0.467. The first-order valence-electron chi connectivity index (χ1n) is 2.70. The molecule has 0 aromatic carbocycles. The van der Waals surface area contributed by atoms with E-state index in [1.807, 2.05) is 0 Å². The SMILES string of the molecule is OCC12C(Cl)C1(Cl)C2Cl. The lowest BCUT2D eigenvalue weighted by Crippen LogP contribution is -2.15. The Labute approximate surface area is 67.9 Å². The van der Waals surface area contributed by atoms with Gasteiger partial charge in [-0.3, -0.25) is 0 Å². The number of alkyl halides is 3. The molecule has 0 bridgehead atoms. The normalized spacial score (nSPS) is 69.3. The fourth-order valence-electron chi connectivity index (χ4n) is 1.43. The summed E-state index contributed by atoms with van der Waals surface area (Å²) < 4.78 is 0. The first-order valence-corrected chi connectivity index (χ1v) is 3.95. The van der Waals surface area contributed by atoms with Crippen molar-refractivity contribution in [2.45, 2.75) is 15.6 Å². The highest BCUT2D eigenvalue weighted by molar-refractivity contribution is 6.49. The Balaban J connectivity index is 2.21. The van der Waals surface area contributed by atoms with Crippen molar-refractivity contribution in [3.05, 3.63) is 0 Å². The first kappa shape index (κ1) is 6.53. The van der Waals surface area contributed by atoms with E-state index in [1.165, 1.54) is 0 Å². The molecule has 0 heterocycles. The van der Waals surface area contributed by atoms with Gasteiger partial charge in [-0.2, -0.15) is 0 Å². The Hall–Kier alpha value is 0.830. The van der Waals surface area contributed by atoms with Crippen molar-refractivity contribution < 1.29 is 5.11 Å². The van der Waals surface area contributed by atoms with E-state index < -0.39 is 4.87 Å². The molecular weight excluding hydrogens is 182 g/mol. The monoisotopic (exact) mass is 186 g/mol. The van der Waals surface area contributed by atoms with Crippen molar-refractivity contribution in [3.63, 3.8) is 0 Å². The number of fused-ring (bicyclic) bond motifs is 1. The lowest BCUT2D eigenvalue weighted by Gasteiger charge is -2.05. The third-order valence-electron chi connectivity index (χ3n) is 2.45. The quantitative estimate of drug-likeness (QED) is 0.612. The molecule has 2 saturated carbocycles. The molecule has 2 aliphatic carbocycles. The highest BCUT2D eigenvalue weighted by atomic mass is 35.5. The van der Waals surface area contributed by atoms with Gasteiger partial charge in [0.2, 0.25) is 0 Å². The van der Waals surface area contributed by atoms with Crippen LogP contribution >= 0.6 is 34.8 Å². The van der Waals surface area contributed by atoms with Gasteiger partial charge in [-0.1, -0.05) is 0 Å². The second kappa shape index (κ2) is 1.38. The standard InChI is InChI=1S/C5H5Cl3O/c6-2-4(1-9)3(7)5(2,4)8/h2-3,9H,1H2. The average Bonchev–Trinajstić information content (AvgIpc) is 2.55. The summed E-state index contributed by atoms with van der Waals surface area (Å²) in [6, 6.07) is 0. The molecule has 0 aromatic heterocycles. The topological polar surface area (TPSA) is 20.2 Å². The fraction of sp³-hybridized carbons (Fsp3) is 1.00. The minimum atomic E-state index is -0.467. The maximum Gasteiger partial charge on any atom is 0.0895 e. The highest BCUT2D eigenvalue weighted by Crippen LogP contribution is 2.86. The van der Waals surface area contributed by atoms with Crippen LogP contribution in [0.25, 0.3) is 0 Å². The third-order valence-corrected chi connectivity index (χ3v) is 4.93. The van der Waals surface area contributed by atoms with Gasteiger partial charge in [0.25, 0.3) is 0 Å². The Morgan fingerprint density at radius 3 is 1.78 bits per heavy atom. The van der Waals surface area contributed by atoms with Crippen molar-refractivity contribution in [1.29, 1.82) is 0 Å². The number of halogens is 3. The molecule has 2 rings (SSSR count). The van der Waals surface area contributed by atoms with Crippen LogP contribution in [0.4, 0.5) is 0 Å². The van der Waals surface area contributed by atoms with Gasteiger partial charge in [0.1, 0.15) is 0 Å². The van der Waals surface area contributed by atoms with E-state index >= 15 is 0 Å². The third kappa shape index (κ3) is 0.382. The molecule has 0 spiro atoms. The van der Waals surface area contributed by atoms with Crippen LogP contribution in [0.2, 0.25) is 0 Å². The summed E-state index contributed by atoms with van der Waals surface area (Å²) in [6.45, 7) is 0.0127. The molecule has 1 nitrogen and oxygen atoms in total. The van der Waals surface area contributed by atoms with E-state index in [-0.39, 0.29) is 22.8 Å². The maximum atomic E-state index is 8.76. The van der Waals surface area contributed by atoms with Crippen LogP contribution in [0.3, 0.4) is 0 Å². The zero-order valence-corrected chi connectivity index (χ0v) is 6.71. The number of rotatable bonds is 1. The molecule has 2 unspecified atom stereocenters. The summed E-state index contributed by atoms with van der Waals surface area (Å²) in [5, 5.41) is 8.54. The van der Waals surface area contributed by atoms with E-state index in [9.17, 15) is 0 Å². The zero-order chi connectivity index (χ0) is 6.86. The molecule has 2 aliphatic rings. The molecule has 2 atom stereocenters. The Morgan fingerprint density at radius 2 is 1.78 bits per heavy atom. The van der Waals surface area contributed by atoms with E-state index in [0.717, 1.165) is 0 Å². The Morgan fingerprint density at radius 1 is 1.33 bits per heavy atom. The van der Waals surface area contributed by atoms with Crippen LogP contribution in [0.5, 0.6) is 0 Å². The lowest BCUT2D eigenvalue weighted by molar-refractivity contribution is 0.249. The molecule has 0 amide bonds. The van der Waals surface area contributed by atoms with E-state index in [1.54, 1.807) is 0 Å². The van der Waals surface area contributed by atoms with Crippen molar-refractivity contribution in [2.24, 2.45) is 5.41 Å². The summed E-state index contributed by atoms with van der Waals surface area (Å²) in [6.07, 6.45) is 0. The average molecular weight is 187 g/mol. The zero-order valence-electron chi connectivity index (χ0n) is 4.44. The summed E-state index contributed by atoms with van der Waals surface area (Å²) in [5.41, 5.74) is -0.336. The molecule has 0 radical (unpaired) electrons. The molecule has 4 heteroatoms. The minimum absolute atomic E-state index is 0.0127. The largest absolute Gasteiger partial charge is 0.396 e. The van der Waals surface area contributed by atoms with Crippen molar-refractivity contribution in [2.75, 3.05) is 6.61 Å². The number of hydrogen-bond acceptors (Lipinski definition) is 1. The van der Waals surface area contributed by atoms with Crippen LogP contribution in [0.1, 0.15) is 0 Å². The fourth-order valence-corrected chi connectivity index (χ4v) is 3.51. The van der Waals surface area contributed by atoms with Gasteiger partial charge in [-0.25, -0.2) is 0 Å². The van der Waals surface area contributed by atoms with Gasteiger partial charge in [0.15, 0.2) is 0 Å². The number of hydrogen-bond donors (Lipinski definition) is 1. The number of aliphatic hydroxyl groups excluding tert-OH is 1. The highest BCUT2D eigenvalue weighted by Gasteiger charge is 2.97. The van der Waals surface area contributed by atoms with E-state index in [2.05, 4.69) is 0 Å². The smallest absolute Gasteiger partial charge is 0.0895 e. The van der Waals surface area contributed by atoms with Crippen LogP contribution in [-0.2, 0) is 0 Å². The molecule has 1 N–H and O–H groups in total. The second-order valence-corrected chi connectivity index (χ2v) is 4.19.